The molecule has 0 fully saturated rings. The van der Waals surface area contributed by atoms with E-state index in [2.05, 4.69) is 0 Å². The highest BCUT2D eigenvalue weighted by atomic mass is 35.5. The number of hydrogen-bond donors (Lipinski definition) is 1. The molecule has 0 radical (unpaired) electrons. The summed E-state index contributed by atoms with van der Waals surface area (Å²) in [6.45, 7) is -1.02. The van der Waals surface area contributed by atoms with Gasteiger partial charge in [0, 0.05) is 5.38 Å². The fraction of sp³-hybridized carbons (Fsp3) is 0.917. The molecule has 0 aromatic heterocycles. The van der Waals surface area contributed by atoms with Crippen LogP contribution in [0.3, 0.4) is 0 Å². The molecule has 1 unspecified atom stereocenters. The number of carboxylic acids is 1. The highest BCUT2D eigenvalue weighted by Gasteiger charge is 2.52. The van der Waals surface area contributed by atoms with Gasteiger partial charge in [0.1, 0.15) is 24.4 Å². The number of aliphatic carboxylic acids is 1. The second-order valence-electron chi connectivity index (χ2n) is 5.62. The Morgan fingerprint density at radius 3 is 1.85 bits per heavy atom. The van der Waals surface area contributed by atoms with Crippen molar-refractivity contribution in [3.63, 3.8) is 0 Å². The molecule has 0 bridgehead atoms. The third kappa shape index (κ3) is 4.57. The molecule has 1 atom stereocenters. The van der Waals surface area contributed by atoms with Crippen LogP contribution in [0.1, 0.15) is 26.7 Å². The minimum absolute atomic E-state index is 0.279. The van der Waals surface area contributed by atoms with Crippen molar-refractivity contribution in [2.45, 2.75) is 36.4 Å². The Kier molecular flexibility index (Phi) is 7.46. The topological polar surface area (TPSA) is 37.3 Å². The summed E-state index contributed by atoms with van der Waals surface area (Å²) < 4.78 is 36.9. The molecule has 0 aliphatic heterocycles. The highest BCUT2D eigenvalue weighted by Crippen LogP contribution is 2.49. The molecule has 0 aromatic carbocycles. The normalized spacial score (nSPS) is 15.2. The van der Waals surface area contributed by atoms with Gasteiger partial charge in [-0.1, -0.05) is 13.8 Å². The molecular formula is C12H18Cl3F3O2. The van der Waals surface area contributed by atoms with Crippen LogP contribution in [0.5, 0.6) is 0 Å². The zero-order valence-electron chi connectivity index (χ0n) is 11.2. The van der Waals surface area contributed by atoms with Gasteiger partial charge in [-0.2, -0.15) is 0 Å². The first kappa shape index (κ1) is 20.1. The van der Waals surface area contributed by atoms with Crippen molar-refractivity contribution >= 4 is 40.8 Å². The fourth-order valence-electron chi connectivity index (χ4n) is 1.62. The molecule has 0 saturated carbocycles. The van der Waals surface area contributed by atoms with Crippen LogP contribution in [0.4, 0.5) is 13.2 Å². The van der Waals surface area contributed by atoms with Gasteiger partial charge in [-0.3, -0.25) is 18.0 Å². The average Bonchev–Trinajstić information content (AvgIpc) is 2.29. The van der Waals surface area contributed by atoms with Crippen molar-refractivity contribution in [3.8, 4) is 0 Å². The summed E-state index contributed by atoms with van der Waals surface area (Å²) in [4.78, 5) is 10.7. The monoisotopic (exact) mass is 356 g/mol. The lowest BCUT2D eigenvalue weighted by molar-refractivity contribution is -0.139. The summed E-state index contributed by atoms with van der Waals surface area (Å²) in [6, 6.07) is 0. The molecule has 0 saturated heterocycles. The number of rotatable bonds is 9. The van der Waals surface area contributed by atoms with Gasteiger partial charge in [-0.05, 0) is 11.8 Å². The van der Waals surface area contributed by atoms with E-state index in [0.29, 0.717) is 0 Å². The Morgan fingerprint density at radius 1 is 1.15 bits per heavy atom. The third-order valence-corrected chi connectivity index (χ3v) is 5.29. The van der Waals surface area contributed by atoms with Crippen molar-refractivity contribution in [2.24, 2.45) is 10.8 Å². The van der Waals surface area contributed by atoms with Gasteiger partial charge in [0.2, 0.25) is 0 Å². The van der Waals surface area contributed by atoms with Gasteiger partial charge < -0.3 is 5.11 Å². The predicted molar refractivity (Wildman–Crippen MR) is 75.1 cm³/mol. The predicted octanol–water partition coefficient (Wildman–Crippen LogP) is 4.55. The molecular weight excluding hydrogens is 339 g/mol. The maximum Gasteiger partial charge on any atom is 0.303 e. The number of carboxylic acid groups (broad SMARTS) is 1. The number of halogens is 6. The molecule has 0 rings (SSSR count). The highest BCUT2D eigenvalue weighted by molar-refractivity contribution is 6.49. The molecule has 0 heterocycles. The maximum absolute atomic E-state index is 13.0. The molecule has 0 aliphatic rings. The molecule has 0 aromatic rings. The van der Waals surface area contributed by atoms with Gasteiger partial charge in [-0.25, -0.2) is 0 Å². The summed E-state index contributed by atoms with van der Waals surface area (Å²) in [7, 11) is 0. The van der Waals surface area contributed by atoms with Gasteiger partial charge in [0.05, 0.1) is 11.8 Å². The number of hydrogen-bond acceptors (Lipinski definition) is 1. The molecule has 2 nitrogen and oxygen atoms in total. The zero-order chi connectivity index (χ0) is 16.2. The van der Waals surface area contributed by atoms with E-state index >= 15 is 0 Å². The molecule has 1 N–H and O–H groups in total. The standard InChI is InChI=1S/C12H18Cl3F3O2/c1-10(2,4-9(19)20)8(13)3-12(14,15)11(5-16,6-17)7-18/h8H,3-7H2,1-2H3,(H,19,20). The fourth-order valence-corrected chi connectivity index (χ4v) is 2.70. The van der Waals surface area contributed by atoms with Crippen LogP contribution in [0.2, 0.25) is 0 Å². The maximum atomic E-state index is 13.0. The minimum Gasteiger partial charge on any atom is -0.481 e. The molecule has 8 heteroatoms. The van der Waals surface area contributed by atoms with Crippen LogP contribution >= 0.6 is 34.8 Å². The van der Waals surface area contributed by atoms with Crippen LogP contribution in [-0.4, -0.2) is 40.8 Å². The summed E-state index contributed by atoms with van der Waals surface area (Å²) in [6.07, 6.45) is -0.616. The Balaban J connectivity index is 5.12. The smallest absolute Gasteiger partial charge is 0.303 e. The van der Waals surface area contributed by atoms with Gasteiger partial charge >= 0.3 is 5.97 Å². The van der Waals surface area contributed by atoms with E-state index in [1.54, 1.807) is 13.8 Å². The first-order valence-electron chi connectivity index (χ1n) is 5.89. The first-order valence-corrected chi connectivity index (χ1v) is 7.09. The second kappa shape index (κ2) is 7.41. The van der Waals surface area contributed by atoms with E-state index in [1.165, 1.54) is 0 Å². The van der Waals surface area contributed by atoms with E-state index in [-0.39, 0.29) is 12.8 Å². The zero-order valence-corrected chi connectivity index (χ0v) is 13.5. The molecule has 20 heavy (non-hydrogen) atoms. The lowest BCUT2D eigenvalue weighted by Crippen LogP contribution is -2.48. The summed E-state index contributed by atoms with van der Waals surface area (Å²) in [5.41, 5.74) is -3.11. The molecule has 0 aliphatic carbocycles. The van der Waals surface area contributed by atoms with E-state index in [9.17, 15) is 18.0 Å². The van der Waals surface area contributed by atoms with E-state index in [1.807, 2.05) is 0 Å². The lowest BCUT2D eigenvalue weighted by atomic mass is 9.78. The average molecular weight is 358 g/mol. The van der Waals surface area contributed by atoms with E-state index < -0.39 is 46.5 Å². The van der Waals surface area contributed by atoms with Crippen LogP contribution in [0.25, 0.3) is 0 Å². The number of carbonyl (C=O) groups is 1. The number of alkyl halides is 6. The van der Waals surface area contributed by atoms with Crippen LogP contribution in [0.15, 0.2) is 0 Å². The van der Waals surface area contributed by atoms with E-state index in [4.69, 9.17) is 39.9 Å². The quantitative estimate of drug-likeness (QED) is 0.615. The van der Waals surface area contributed by atoms with Crippen LogP contribution < -0.4 is 0 Å². The van der Waals surface area contributed by atoms with Crippen molar-refractivity contribution < 1.29 is 23.1 Å². The minimum atomic E-state index is -2.19. The van der Waals surface area contributed by atoms with Crippen molar-refractivity contribution in [3.05, 3.63) is 0 Å². The van der Waals surface area contributed by atoms with Crippen molar-refractivity contribution in [2.75, 3.05) is 20.0 Å². The van der Waals surface area contributed by atoms with Crippen LogP contribution in [0, 0.1) is 10.8 Å². The summed E-state index contributed by atoms with van der Waals surface area (Å²) in [5, 5.41) is 7.90. The van der Waals surface area contributed by atoms with Gasteiger partial charge in [0.25, 0.3) is 0 Å². The Labute approximate surface area is 131 Å². The van der Waals surface area contributed by atoms with Crippen molar-refractivity contribution in [1.82, 2.24) is 0 Å². The Morgan fingerprint density at radius 2 is 1.55 bits per heavy atom. The summed E-state index contributed by atoms with van der Waals surface area (Å²) in [5.74, 6) is -1.08. The Bertz CT molecular complexity index is 326. The summed E-state index contributed by atoms with van der Waals surface area (Å²) >= 11 is 17.9. The second-order valence-corrected chi connectivity index (χ2v) is 7.63. The van der Waals surface area contributed by atoms with Gasteiger partial charge in [0.15, 0.2) is 0 Å². The van der Waals surface area contributed by atoms with Crippen LogP contribution in [-0.2, 0) is 4.79 Å². The third-order valence-electron chi connectivity index (χ3n) is 3.43. The largest absolute Gasteiger partial charge is 0.481 e. The Hall–Kier alpha value is 0.130. The molecule has 0 amide bonds. The first-order chi connectivity index (χ1) is 8.98. The van der Waals surface area contributed by atoms with E-state index in [0.717, 1.165) is 0 Å². The molecule has 0 spiro atoms. The molecule has 120 valence electrons. The van der Waals surface area contributed by atoms with Crippen molar-refractivity contribution in [1.29, 1.82) is 0 Å². The SMILES string of the molecule is CC(C)(CC(=O)O)C(Cl)CC(Cl)(Cl)C(CF)(CF)CF. The van der Waals surface area contributed by atoms with Gasteiger partial charge in [-0.15, -0.1) is 34.8 Å². The lowest BCUT2D eigenvalue weighted by Gasteiger charge is -2.40.